The summed E-state index contributed by atoms with van der Waals surface area (Å²) in [5.74, 6) is -0.545. The van der Waals surface area contributed by atoms with E-state index < -0.39 is 5.97 Å². The number of nitrogens with one attached hydrogen (secondary N) is 1. The van der Waals surface area contributed by atoms with Crippen molar-refractivity contribution in [2.24, 2.45) is 0 Å². The molecule has 23 heavy (non-hydrogen) atoms. The Bertz CT molecular complexity index is 875. The first kappa shape index (κ1) is 14.9. The minimum absolute atomic E-state index is 0.0811. The van der Waals surface area contributed by atoms with Crippen molar-refractivity contribution >= 4 is 24.4 Å². The van der Waals surface area contributed by atoms with Crippen LogP contribution >= 0.6 is 12.6 Å². The summed E-state index contributed by atoms with van der Waals surface area (Å²) in [4.78, 5) is 15.1. The average molecular weight is 325 g/mol. The molecule has 8 heteroatoms. The zero-order valence-electron chi connectivity index (χ0n) is 11.7. The lowest BCUT2D eigenvalue weighted by atomic mass is 10.1. The van der Waals surface area contributed by atoms with Gasteiger partial charge in [-0.05, 0) is 24.3 Å². The molecule has 0 amide bonds. The van der Waals surface area contributed by atoms with Crippen molar-refractivity contribution in [3.05, 3.63) is 59.8 Å². The summed E-state index contributed by atoms with van der Waals surface area (Å²) in [6, 6.07) is 11.3. The molecule has 0 atom stereocenters. The van der Waals surface area contributed by atoms with Gasteiger partial charge < -0.3 is 5.11 Å². The van der Waals surface area contributed by atoms with Crippen molar-refractivity contribution in [3.8, 4) is 11.5 Å². The van der Waals surface area contributed by atoms with Crippen molar-refractivity contribution in [1.29, 1.82) is 5.41 Å². The normalized spacial score (nSPS) is 10.5. The summed E-state index contributed by atoms with van der Waals surface area (Å²) in [6.45, 7) is 0. The Kier molecular flexibility index (Phi) is 3.90. The van der Waals surface area contributed by atoms with Crippen molar-refractivity contribution < 1.29 is 9.90 Å². The first-order chi connectivity index (χ1) is 11.1. The summed E-state index contributed by atoms with van der Waals surface area (Å²) in [7, 11) is 0. The number of carboxylic acid groups (broad SMARTS) is 1. The maximum absolute atomic E-state index is 10.9. The van der Waals surface area contributed by atoms with Gasteiger partial charge in [0.05, 0.1) is 5.56 Å². The predicted molar refractivity (Wildman–Crippen MR) is 86.1 cm³/mol. The van der Waals surface area contributed by atoms with Crippen LogP contribution in [-0.2, 0) is 0 Å². The van der Waals surface area contributed by atoms with Gasteiger partial charge in [0.25, 0.3) is 0 Å². The number of nitrogens with zero attached hydrogens (tertiary/aromatic N) is 4. The molecule has 3 rings (SSSR count). The van der Waals surface area contributed by atoms with Gasteiger partial charge >= 0.3 is 5.97 Å². The van der Waals surface area contributed by atoms with E-state index in [1.54, 1.807) is 30.5 Å². The van der Waals surface area contributed by atoms with Crippen molar-refractivity contribution in [2.45, 2.75) is 5.16 Å². The molecule has 2 aromatic heterocycles. The molecular weight excluding hydrogens is 314 g/mol. The van der Waals surface area contributed by atoms with Crippen LogP contribution < -0.4 is 0 Å². The van der Waals surface area contributed by atoms with Gasteiger partial charge in [0, 0.05) is 11.8 Å². The number of hydrogen-bond donors (Lipinski definition) is 3. The molecule has 0 saturated carbocycles. The third kappa shape index (κ3) is 2.84. The monoisotopic (exact) mass is 325 g/mol. The SMILES string of the molecule is N=C(c1ccc(C(=O)O)cc1)n1c(S)nnc1-c1ccccn1. The summed E-state index contributed by atoms with van der Waals surface area (Å²) in [5, 5.41) is 25.4. The predicted octanol–water partition coefficient (Wildman–Crippen LogP) is 2.20. The molecule has 0 saturated heterocycles. The van der Waals surface area contributed by atoms with Gasteiger partial charge in [0.2, 0.25) is 0 Å². The molecule has 3 aromatic rings. The highest BCUT2D eigenvalue weighted by Crippen LogP contribution is 2.19. The topological polar surface area (TPSA) is 105 Å². The number of carboxylic acids is 1. The van der Waals surface area contributed by atoms with Crippen LogP contribution in [0.15, 0.2) is 53.8 Å². The van der Waals surface area contributed by atoms with Crippen molar-refractivity contribution in [2.75, 3.05) is 0 Å². The molecule has 0 radical (unpaired) electrons. The van der Waals surface area contributed by atoms with Crippen LogP contribution in [0.3, 0.4) is 0 Å². The molecule has 2 heterocycles. The van der Waals surface area contributed by atoms with Gasteiger partial charge in [-0.15, -0.1) is 22.8 Å². The van der Waals surface area contributed by atoms with E-state index in [9.17, 15) is 4.79 Å². The number of aromatic nitrogens is 4. The van der Waals surface area contributed by atoms with Crippen LogP contribution in [0.2, 0.25) is 0 Å². The van der Waals surface area contributed by atoms with E-state index in [4.69, 9.17) is 10.5 Å². The lowest BCUT2D eigenvalue weighted by Crippen LogP contribution is -2.15. The van der Waals surface area contributed by atoms with E-state index >= 15 is 0 Å². The first-order valence-corrected chi connectivity index (χ1v) is 7.01. The minimum Gasteiger partial charge on any atom is -0.478 e. The van der Waals surface area contributed by atoms with E-state index in [1.807, 2.05) is 6.07 Å². The highest BCUT2D eigenvalue weighted by Gasteiger charge is 2.17. The molecule has 0 unspecified atom stereocenters. The highest BCUT2D eigenvalue weighted by atomic mass is 32.1. The molecule has 0 aliphatic rings. The van der Waals surface area contributed by atoms with Gasteiger partial charge in [-0.1, -0.05) is 18.2 Å². The van der Waals surface area contributed by atoms with Crippen LogP contribution in [0.4, 0.5) is 0 Å². The maximum atomic E-state index is 10.9. The van der Waals surface area contributed by atoms with E-state index in [0.717, 1.165) is 0 Å². The van der Waals surface area contributed by atoms with Gasteiger partial charge in [-0.2, -0.15) is 0 Å². The minimum atomic E-state index is -1.02. The average Bonchev–Trinajstić information content (AvgIpc) is 2.96. The first-order valence-electron chi connectivity index (χ1n) is 6.56. The summed E-state index contributed by atoms with van der Waals surface area (Å²) < 4.78 is 1.45. The Balaban J connectivity index is 2.03. The summed E-state index contributed by atoms with van der Waals surface area (Å²) >= 11 is 4.24. The standard InChI is InChI=1S/C15H11N5O2S/c16-12(9-4-6-10(7-5-9)14(21)22)20-13(18-19-15(20)23)11-3-1-2-8-17-11/h1-8,16H,(H,19,23)(H,21,22). The van der Waals surface area contributed by atoms with Gasteiger partial charge in [0.1, 0.15) is 11.5 Å². The molecule has 0 spiro atoms. The van der Waals surface area contributed by atoms with Crippen LogP contribution in [0, 0.1) is 5.41 Å². The third-order valence-corrected chi connectivity index (χ3v) is 3.46. The van der Waals surface area contributed by atoms with E-state index in [0.29, 0.717) is 17.1 Å². The fourth-order valence-corrected chi connectivity index (χ4v) is 2.28. The zero-order valence-corrected chi connectivity index (χ0v) is 12.6. The molecule has 2 N–H and O–H groups in total. The Hall–Kier alpha value is -3.00. The van der Waals surface area contributed by atoms with Crippen molar-refractivity contribution in [1.82, 2.24) is 19.7 Å². The molecular formula is C15H11N5O2S. The zero-order chi connectivity index (χ0) is 16.4. The number of hydrogen-bond acceptors (Lipinski definition) is 6. The second-order valence-corrected chi connectivity index (χ2v) is 5.01. The Morgan fingerprint density at radius 1 is 1.09 bits per heavy atom. The molecule has 0 fully saturated rings. The Labute approximate surface area is 136 Å². The van der Waals surface area contributed by atoms with Crippen molar-refractivity contribution in [3.63, 3.8) is 0 Å². The van der Waals surface area contributed by atoms with Crippen LogP contribution in [0.1, 0.15) is 15.9 Å². The lowest BCUT2D eigenvalue weighted by Gasteiger charge is -2.09. The molecule has 0 aliphatic heterocycles. The number of rotatable bonds is 3. The quantitative estimate of drug-likeness (QED) is 0.389. The van der Waals surface area contributed by atoms with Gasteiger partial charge in [0.15, 0.2) is 11.0 Å². The van der Waals surface area contributed by atoms with E-state index in [1.165, 1.54) is 16.7 Å². The van der Waals surface area contributed by atoms with E-state index in [-0.39, 0.29) is 16.6 Å². The largest absolute Gasteiger partial charge is 0.478 e. The van der Waals surface area contributed by atoms with E-state index in [2.05, 4.69) is 27.8 Å². The molecule has 1 aromatic carbocycles. The maximum Gasteiger partial charge on any atom is 0.335 e. The second-order valence-electron chi connectivity index (χ2n) is 4.61. The van der Waals surface area contributed by atoms with Crippen LogP contribution in [0.25, 0.3) is 11.5 Å². The molecule has 114 valence electrons. The summed E-state index contributed by atoms with van der Waals surface area (Å²) in [5.41, 5.74) is 1.23. The highest BCUT2D eigenvalue weighted by molar-refractivity contribution is 7.80. The molecule has 7 nitrogen and oxygen atoms in total. The summed E-state index contributed by atoms with van der Waals surface area (Å²) in [6.07, 6.45) is 1.62. The van der Waals surface area contributed by atoms with Gasteiger partial charge in [-0.25, -0.2) is 4.79 Å². The number of thiol groups is 1. The van der Waals surface area contributed by atoms with Gasteiger partial charge in [-0.3, -0.25) is 15.0 Å². The fraction of sp³-hybridized carbons (Fsp3) is 0. The second kappa shape index (κ2) is 6.01. The Morgan fingerprint density at radius 2 is 1.78 bits per heavy atom. The molecule has 0 aliphatic carbocycles. The number of benzene rings is 1. The molecule has 0 bridgehead atoms. The lowest BCUT2D eigenvalue weighted by molar-refractivity contribution is 0.0697. The fourth-order valence-electron chi connectivity index (χ4n) is 2.04. The Morgan fingerprint density at radius 3 is 2.39 bits per heavy atom. The van der Waals surface area contributed by atoms with Crippen LogP contribution in [0.5, 0.6) is 0 Å². The number of aromatic carboxylic acids is 1. The third-order valence-electron chi connectivity index (χ3n) is 3.17. The number of pyridine rings is 1. The van der Waals surface area contributed by atoms with Crippen LogP contribution in [-0.4, -0.2) is 36.7 Å². The smallest absolute Gasteiger partial charge is 0.335 e. The number of carbonyl (C=O) groups is 1.